The lowest BCUT2D eigenvalue weighted by Crippen LogP contribution is -3.00. The van der Waals surface area contributed by atoms with Crippen molar-refractivity contribution in [3.63, 3.8) is 0 Å². The molecule has 0 bridgehead atoms. The first kappa shape index (κ1) is 7.97. The van der Waals surface area contributed by atoms with Crippen molar-refractivity contribution in [1.82, 2.24) is 4.57 Å². The number of hydrogen-bond acceptors (Lipinski definition) is 1. The van der Waals surface area contributed by atoms with Gasteiger partial charge in [0.05, 0.1) is 27.2 Å². The van der Waals surface area contributed by atoms with Crippen molar-refractivity contribution in [1.29, 1.82) is 0 Å². The molecule has 0 aliphatic carbocycles. The number of aromatic nitrogens is 2. The lowest BCUT2D eigenvalue weighted by molar-refractivity contribution is -0.671. The van der Waals surface area contributed by atoms with E-state index in [0.29, 0.717) is 6.42 Å². The molecule has 0 aliphatic heterocycles. The minimum Gasteiger partial charge on any atom is -1.00 e. The van der Waals surface area contributed by atoms with Gasteiger partial charge in [-0.25, -0.2) is 9.13 Å². The Morgan fingerprint density at radius 1 is 0.895 bits per heavy atom. The summed E-state index contributed by atoms with van der Waals surface area (Å²) in [6, 6.07) is -1.80. The molecule has 1 N–H and O–H groups in total. The molecule has 0 fully saturated rings. The van der Waals surface area contributed by atoms with Crippen LogP contribution in [0.5, 0.6) is 0 Å². The lowest BCUT2D eigenvalue weighted by atomic mass is 10.0. The lowest BCUT2D eigenvalue weighted by Gasteiger charge is -2.02. The molecule has 1 aromatic heterocycles. The fourth-order valence-corrected chi connectivity index (χ4v) is 2.30. The van der Waals surface area contributed by atoms with Crippen LogP contribution in [0.4, 0.5) is 0 Å². The zero-order valence-corrected chi connectivity index (χ0v) is 22.1. The number of aliphatic hydroxyl groups is 1. The normalized spacial score (nSPS) is 34.2. The zero-order valence-electron chi connectivity index (χ0n) is 65.4. The molecular formula is C34H69ClN2O. The number of allylic oxidation sites excluding steroid dienone is 1. The third-order valence-corrected chi connectivity index (χ3v) is 3.89. The van der Waals surface area contributed by atoms with Gasteiger partial charge in [-0.2, -0.15) is 0 Å². The molecule has 0 aromatic carbocycles. The number of unbranched alkanes of at least 4 members (excludes halogenated alkanes) is 8. The number of imidazole rings is 1. The molecule has 1 aromatic rings. The van der Waals surface area contributed by atoms with Gasteiger partial charge in [0.25, 0.3) is 0 Å². The molecule has 3 nitrogen and oxygen atoms in total. The SMILES string of the molecule is [2H]C(CCCCCCCCCCC)C([2H])([2H])C([2H])([2H])C([2H])([2H])C([2H])([2H])O.[2H][13C]([2H])=[13C]([2H])C([2H])([2H])C([2H])([2H])C([2H])([2H])C([2H])([2H])C([2H])([2H])C([2H])([2H])C([2H])([2H])C([2H])([2H])C([2H])([2H])C([2H])([2H])[2H].[2H]c1c([2H])[n+](C([2H])([2H])[2H])c([2H])n1C([2H])([2H])C([2H])([2H])[2H].[Cl-]. The van der Waals surface area contributed by atoms with Crippen molar-refractivity contribution in [3.8, 4) is 0 Å². The maximum absolute atomic E-state index is 9.27. The van der Waals surface area contributed by atoms with Gasteiger partial charge in [0, 0.05) is 49.1 Å². The van der Waals surface area contributed by atoms with Crippen LogP contribution < -0.4 is 17.0 Å². The molecule has 1 heterocycles. The van der Waals surface area contributed by atoms with Crippen LogP contribution in [0.2, 0.25) is 0 Å². The van der Waals surface area contributed by atoms with Crippen molar-refractivity contribution >= 4 is 0 Å². The van der Waals surface area contributed by atoms with E-state index >= 15 is 0 Å². The maximum atomic E-state index is 9.27. The standard InChI is InChI=1S/C16H34O.C12H24.C6H11N2.ClH/c1-2-3-4-5-6-7-8-9-10-11-12-13-14-15-16-17;1-3-5-7-9-11-12-10-8-6-4-2;1-3-8-5-4-7(2)6-8;/h17H,2-16H2,1H3;3H,1,4-12H2,2H3;4-6H,3H2,1-2H3;1H/q;;+1;/p-1/i12D,13D2,14D2,15D2,16D2;1+1D2,2D3,3+1D,4D2,5D2,6D2,7D2,8D2,9D2,10D2,11D2,12D2;1D3,2D3,3D2,4D,5D,6D;. The average molecular weight is 604 g/mol. The number of rotatable bonds is 24. The summed E-state index contributed by atoms with van der Waals surface area (Å²) in [5.74, 6) is 0. The van der Waals surface area contributed by atoms with Gasteiger partial charge in [-0.3, -0.25) is 0 Å². The first-order chi connectivity index (χ1) is 35.1. The molecule has 0 spiro atoms. The van der Waals surface area contributed by atoms with E-state index < -0.39 is 148 Å². The van der Waals surface area contributed by atoms with E-state index in [1.54, 1.807) is 0 Å². The Labute approximate surface area is 308 Å². The highest BCUT2D eigenvalue weighted by atomic mass is 35.5. The van der Waals surface area contributed by atoms with Crippen LogP contribution >= 0.6 is 0 Å². The van der Waals surface area contributed by atoms with Crippen molar-refractivity contribution in [3.05, 3.63) is 31.2 Å². The van der Waals surface area contributed by atoms with Gasteiger partial charge < -0.3 is 17.5 Å². The van der Waals surface area contributed by atoms with Crippen LogP contribution in [0.25, 0.3) is 0 Å². The second-order valence-electron chi connectivity index (χ2n) is 6.68. The van der Waals surface area contributed by atoms with E-state index in [-0.39, 0.29) is 28.0 Å². The first-order valence-corrected chi connectivity index (χ1v) is 11.5. The van der Waals surface area contributed by atoms with Crippen LogP contribution in [0.15, 0.2) is 31.2 Å². The van der Waals surface area contributed by atoms with Crippen LogP contribution in [0.3, 0.4) is 0 Å². The van der Waals surface area contributed by atoms with Gasteiger partial charge in [0.2, 0.25) is 6.30 Å². The molecule has 228 valence electrons. The molecule has 0 saturated heterocycles. The summed E-state index contributed by atoms with van der Waals surface area (Å²) in [5.41, 5.74) is 0. The van der Waals surface area contributed by atoms with E-state index in [0.717, 1.165) is 25.7 Å². The summed E-state index contributed by atoms with van der Waals surface area (Å²) < 4.78 is 332. The van der Waals surface area contributed by atoms with Crippen LogP contribution in [0, 0.1) is 0 Å². The van der Waals surface area contributed by atoms with Crippen molar-refractivity contribution in [2.75, 3.05) is 6.56 Å². The Morgan fingerprint density at radius 2 is 1.53 bits per heavy atom. The summed E-state index contributed by atoms with van der Waals surface area (Å²) in [5, 5.41) is 9.27. The number of hydrogen-bond donors (Lipinski definition) is 1. The molecule has 4 heteroatoms. The van der Waals surface area contributed by atoms with E-state index in [9.17, 15) is 5.11 Å². The molecule has 0 aliphatic rings. The third kappa shape index (κ3) is 37.4. The summed E-state index contributed by atoms with van der Waals surface area (Å²) in [6.45, 7) is -16.3. The molecule has 0 amide bonds. The van der Waals surface area contributed by atoms with Gasteiger partial charge >= 0.3 is 0 Å². The zero-order chi connectivity index (χ0) is 66.2. The molecule has 38 heavy (non-hydrogen) atoms. The molecule has 0 radical (unpaired) electrons. The fourth-order valence-electron chi connectivity index (χ4n) is 2.30. The van der Waals surface area contributed by atoms with E-state index in [1.807, 2.05) is 0 Å². The summed E-state index contributed by atoms with van der Waals surface area (Å²) >= 11 is 0. The van der Waals surface area contributed by atoms with Gasteiger partial charge in [-0.05, 0) is 26.0 Å². The first-order valence-electron chi connectivity index (χ1n) is 33.5. The van der Waals surface area contributed by atoms with Gasteiger partial charge in [0.1, 0.15) is 15.1 Å². The predicted molar refractivity (Wildman–Crippen MR) is 166 cm³/mol. The monoisotopic (exact) mass is 603 g/mol. The smallest absolute Gasteiger partial charge is 0.243 e. The Hall–Kier alpha value is -0.800. The summed E-state index contributed by atoms with van der Waals surface area (Å²) in [6.07, 6.45) is -45.0. The number of halogens is 1. The Kier molecular flexibility index (Phi) is 8.04. The minimum absolute atomic E-state index is 0. The molecule has 1 rings (SSSR count). The minimum atomic E-state index is -4.69. The van der Waals surface area contributed by atoms with Crippen molar-refractivity contribution < 1.29 is 82.4 Å². The third-order valence-electron chi connectivity index (χ3n) is 3.89. The van der Waals surface area contributed by atoms with E-state index in [2.05, 4.69) is 6.92 Å². The van der Waals surface area contributed by atoms with Crippen LogP contribution in [-0.4, -0.2) is 16.2 Å². The van der Waals surface area contributed by atoms with Crippen molar-refractivity contribution in [2.45, 2.75) is 174 Å². The number of nitrogens with zero attached hydrogens (tertiary/aromatic N) is 2. The second kappa shape index (κ2) is 38.3. The average Bonchev–Trinajstić information content (AvgIpc) is 3.50. The molecule has 0 saturated carbocycles. The summed E-state index contributed by atoms with van der Waals surface area (Å²) in [4.78, 5) is 0. The van der Waals surface area contributed by atoms with Crippen LogP contribution in [0.1, 0.15) is 228 Å². The molecule has 1 unspecified atom stereocenters. The quantitative estimate of drug-likeness (QED) is 0.0564. The summed E-state index contributed by atoms with van der Waals surface area (Å²) in [7, 11) is 0. The highest BCUT2D eigenvalue weighted by molar-refractivity contribution is 4.65. The molecule has 1 atom stereocenters. The topological polar surface area (TPSA) is 29.0 Å². The highest BCUT2D eigenvalue weighted by Gasteiger charge is 1.94. The maximum Gasteiger partial charge on any atom is 0.243 e. The van der Waals surface area contributed by atoms with Gasteiger partial charge in [-0.15, -0.1) is 6.53 Å². The van der Waals surface area contributed by atoms with Gasteiger partial charge in [0.15, 0.2) is 1.37 Å². The fraction of sp³-hybridized carbons (Fsp3) is 0.853. The predicted octanol–water partition coefficient (Wildman–Crippen LogP) is 7.50. The van der Waals surface area contributed by atoms with E-state index in [1.165, 1.54) is 25.7 Å². The Morgan fingerprint density at radius 3 is 2.11 bits per heavy atom. The second-order valence-corrected chi connectivity index (χ2v) is 6.68. The largest absolute Gasteiger partial charge is 1.00 e. The Balaban J connectivity index is -0.00000119. The van der Waals surface area contributed by atoms with E-state index in [4.69, 9.17) is 60.3 Å². The molecular weight excluding hydrogens is 490 g/mol. The van der Waals surface area contributed by atoms with Crippen LogP contribution in [-0.2, 0) is 13.5 Å². The van der Waals surface area contributed by atoms with Crippen molar-refractivity contribution in [2.24, 2.45) is 6.98 Å². The highest BCUT2D eigenvalue weighted by Crippen LogP contribution is 2.13. The Bertz CT molecular complexity index is 2230. The van der Waals surface area contributed by atoms with Gasteiger partial charge in [-0.1, -0.05) is 148 Å².